The molecule has 0 heterocycles. The summed E-state index contributed by atoms with van der Waals surface area (Å²) < 4.78 is 21.9. The first-order valence-electron chi connectivity index (χ1n) is 5.95. The van der Waals surface area contributed by atoms with Gasteiger partial charge in [-0.1, -0.05) is 27.7 Å². The zero-order chi connectivity index (χ0) is 13.0. The van der Waals surface area contributed by atoms with Gasteiger partial charge in [-0.3, -0.25) is 0 Å². The number of nitrogens with two attached hydrogens (primary N) is 1. The minimum atomic E-state index is -2.83. The van der Waals surface area contributed by atoms with E-state index in [9.17, 15) is 8.42 Å². The molecule has 0 aliphatic rings. The number of hydrogen-bond acceptors (Lipinski definition) is 3. The molecule has 0 fully saturated rings. The molecule has 0 aromatic carbocycles. The lowest BCUT2D eigenvalue weighted by atomic mass is 9.78. The van der Waals surface area contributed by atoms with Crippen molar-refractivity contribution in [3.05, 3.63) is 0 Å². The smallest absolute Gasteiger partial charge is 0.147 e. The van der Waals surface area contributed by atoms with Crippen LogP contribution >= 0.6 is 0 Å². The van der Waals surface area contributed by atoms with Crippen molar-refractivity contribution in [2.45, 2.75) is 53.0 Å². The van der Waals surface area contributed by atoms with Crippen LogP contribution < -0.4 is 5.73 Å². The molecule has 2 unspecified atom stereocenters. The van der Waals surface area contributed by atoms with Gasteiger partial charge in [0, 0.05) is 18.1 Å². The average Bonchev–Trinajstić information content (AvgIpc) is 1.99. The zero-order valence-corrected chi connectivity index (χ0v) is 12.1. The van der Waals surface area contributed by atoms with Crippen molar-refractivity contribution in [2.75, 3.05) is 12.0 Å². The molecule has 16 heavy (non-hydrogen) atoms. The predicted molar refractivity (Wildman–Crippen MR) is 70.2 cm³/mol. The summed E-state index contributed by atoms with van der Waals surface area (Å²) in [7, 11) is -2.83. The third-order valence-electron chi connectivity index (χ3n) is 3.22. The molecule has 0 saturated carbocycles. The second-order valence-corrected chi connectivity index (χ2v) is 8.29. The molecule has 0 aromatic rings. The van der Waals surface area contributed by atoms with Crippen LogP contribution in [0.3, 0.4) is 0 Å². The SMILES string of the molecule is CC(CC(N)CCCS(C)(=O)=O)C(C)(C)C. The maximum absolute atomic E-state index is 11.0. The first kappa shape index (κ1) is 15.9. The fourth-order valence-electron chi connectivity index (χ4n) is 1.53. The highest BCUT2D eigenvalue weighted by atomic mass is 32.2. The van der Waals surface area contributed by atoms with Crippen molar-refractivity contribution in [1.82, 2.24) is 0 Å². The molecule has 0 spiro atoms. The third kappa shape index (κ3) is 8.11. The van der Waals surface area contributed by atoms with Crippen LogP contribution in [0.5, 0.6) is 0 Å². The largest absolute Gasteiger partial charge is 0.328 e. The van der Waals surface area contributed by atoms with E-state index in [2.05, 4.69) is 27.7 Å². The Morgan fingerprint density at radius 1 is 1.25 bits per heavy atom. The van der Waals surface area contributed by atoms with Crippen molar-refractivity contribution in [1.29, 1.82) is 0 Å². The zero-order valence-electron chi connectivity index (χ0n) is 11.3. The minimum Gasteiger partial charge on any atom is -0.328 e. The van der Waals surface area contributed by atoms with Crippen molar-refractivity contribution in [2.24, 2.45) is 17.1 Å². The van der Waals surface area contributed by atoms with Crippen molar-refractivity contribution in [3.63, 3.8) is 0 Å². The Balaban J connectivity index is 3.88. The molecule has 0 amide bonds. The van der Waals surface area contributed by atoms with Crippen LogP contribution in [-0.2, 0) is 9.84 Å². The summed E-state index contributed by atoms with van der Waals surface area (Å²) in [5, 5.41) is 0. The first-order valence-corrected chi connectivity index (χ1v) is 8.01. The number of sulfone groups is 1. The molecule has 0 rings (SSSR count). The highest BCUT2D eigenvalue weighted by molar-refractivity contribution is 7.90. The van der Waals surface area contributed by atoms with Crippen LogP contribution in [0.15, 0.2) is 0 Å². The van der Waals surface area contributed by atoms with Gasteiger partial charge in [-0.2, -0.15) is 0 Å². The Morgan fingerprint density at radius 2 is 1.75 bits per heavy atom. The Labute approximate surface area is 101 Å². The van der Waals surface area contributed by atoms with E-state index in [1.807, 2.05) is 0 Å². The van der Waals surface area contributed by atoms with Crippen LogP contribution in [-0.4, -0.2) is 26.5 Å². The molecular weight excluding hydrogens is 222 g/mol. The second-order valence-electron chi connectivity index (χ2n) is 6.03. The van der Waals surface area contributed by atoms with Gasteiger partial charge in [0.05, 0.1) is 0 Å². The fraction of sp³-hybridized carbons (Fsp3) is 1.00. The summed E-state index contributed by atoms with van der Waals surface area (Å²) in [5.41, 5.74) is 6.28. The van der Waals surface area contributed by atoms with Crippen molar-refractivity contribution >= 4 is 9.84 Å². The second kappa shape index (κ2) is 6.01. The van der Waals surface area contributed by atoms with E-state index in [0.29, 0.717) is 12.3 Å². The normalized spacial score (nSPS) is 17.1. The molecule has 0 saturated heterocycles. The number of rotatable bonds is 6. The lowest BCUT2D eigenvalue weighted by molar-refractivity contribution is 0.230. The molecule has 2 atom stereocenters. The van der Waals surface area contributed by atoms with E-state index < -0.39 is 9.84 Å². The Hall–Kier alpha value is -0.0900. The minimum absolute atomic E-state index is 0.121. The maximum Gasteiger partial charge on any atom is 0.147 e. The molecule has 0 radical (unpaired) electrons. The van der Waals surface area contributed by atoms with E-state index in [0.717, 1.165) is 12.8 Å². The van der Waals surface area contributed by atoms with Gasteiger partial charge in [0.25, 0.3) is 0 Å². The molecule has 0 aromatic heterocycles. The summed E-state index contributed by atoms with van der Waals surface area (Å²) in [6, 6.07) is 0.121. The van der Waals surface area contributed by atoms with Gasteiger partial charge in [-0.05, 0) is 30.6 Å². The van der Waals surface area contributed by atoms with Gasteiger partial charge in [0.15, 0.2) is 0 Å². The molecule has 0 aliphatic carbocycles. The lowest BCUT2D eigenvalue weighted by Crippen LogP contribution is -2.28. The summed E-state index contributed by atoms with van der Waals surface area (Å²) in [4.78, 5) is 0. The standard InChI is InChI=1S/C12H27NO2S/c1-10(12(2,3)4)9-11(13)7-6-8-16(5,14)15/h10-11H,6-9,13H2,1-5H3. The van der Waals surface area contributed by atoms with Crippen LogP contribution in [0.4, 0.5) is 0 Å². The third-order valence-corrected chi connectivity index (χ3v) is 4.26. The van der Waals surface area contributed by atoms with Crippen LogP contribution in [0, 0.1) is 11.3 Å². The molecular formula is C12H27NO2S. The molecule has 2 N–H and O–H groups in total. The van der Waals surface area contributed by atoms with Gasteiger partial charge in [0.2, 0.25) is 0 Å². The van der Waals surface area contributed by atoms with Gasteiger partial charge in [-0.25, -0.2) is 8.42 Å². The van der Waals surface area contributed by atoms with E-state index in [1.165, 1.54) is 6.26 Å². The first-order chi connectivity index (χ1) is 7.02. The molecule has 4 heteroatoms. The fourth-order valence-corrected chi connectivity index (χ4v) is 2.22. The van der Waals surface area contributed by atoms with Gasteiger partial charge in [0.1, 0.15) is 9.84 Å². The van der Waals surface area contributed by atoms with Gasteiger partial charge >= 0.3 is 0 Å². The molecule has 0 bridgehead atoms. The number of hydrogen-bond donors (Lipinski definition) is 1. The van der Waals surface area contributed by atoms with Crippen molar-refractivity contribution in [3.8, 4) is 0 Å². The average molecular weight is 249 g/mol. The van der Waals surface area contributed by atoms with Crippen LogP contribution in [0.1, 0.15) is 47.0 Å². The maximum atomic E-state index is 11.0. The Bertz CT molecular complexity index is 291. The molecule has 98 valence electrons. The van der Waals surface area contributed by atoms with E-state index >= 15 is 0 Å². The highest BCUT2D eigenvalue weighted by Gasteiger charge is 2.22. The van der Waals surface area contributed by atoms with Gasteiger partial charge in [-0.15, -0.1) is 0 Å². The van der Waals surface area contributed by atoms with Crippen molar-refractivity contribution < 1.29 is 8.42 Å². The summed E-state index contributed by atoms with van der Waals surface area (Å²) in [5.74, 6) is 0.811. The van der Waals surface area contributed by atoms with E-state index in [4.69, 9.17) is 5.73 Å². The van der Waals surface area contributed by atoms with Gasteiger partial charge < -0.3 is 5.73 Å². The lowest BCUT2D eigenvalue weighted by Gasteiger charge is -2.29. The van der Waals surface area contributed by atoms with Crippen LogP contribution in [0.2, 0.25) is 0 Å². The summed E-state index contributed by atoms with van der Waals surface area (Å²) >= 11 is 0. The van der Waals surface area contributed by atoms with E-state index in [-0.39, 0.29) is 17.2 Å². The summed E-state index contributed by atoms with van der Waals surface area (Å²) in [6.45, 7) is 8.83. The Morgan fingerprint density at radius 3 is 2.12 bits per heavy atom. The summed E-state index contributed by atoms with van der Waals surface area (Å²) in [6.07, 6.45) is 3.72. The highest BCUT2D eigenvalue weighted by Crippen LogP contribution is 2.29. The topological polar surface area (TPSA) is 60.2 Å². The van der Waals surface area contributed by atoms with Crippen LogP contribution in [0.25, 0.3) is 0 Å². The van der Waals surface area contributed by atoms with E-state index in [1.54, 1.807) is 0 Å². The quantitative estimate of drug-likeness (QED) is 0.785. The monoisotopic (exact) mass is 249 g/mol. The molecule has 0 aliphatic heterocycles. The molecule has 3 nitrogen and oxygen atoms in total. The Kier molecular flexibility index (Phi) is 5.98. The predicted octanol–water partition coefficient (Wildman–Crippen LogP) is 2.21.